The number of benzene rings is 1. The lowest BCUT2D eigenvalue weighted by Crippen LogP contribution is -2.31. The van der Waals surface area contributed by atoms with Crippen molar-refractivity contribution in [2.24, 2.45) is 5.73 Å². The van der Waals surface area contributed by atoms with Crippen molar-refractivity contribution in [3.8, 4) is 0 Å². The van der Waals surface area contributed by atoms with Gasteiger partial charge in [-0.25, -0.2) is 0 Å². The summed E-state index contributed by atoms with van der Waals surface area (Å²) in [6.45, 7) is 4.98. The molecule has 4 nitrogen and oxygen atoms in total. The van der Waals surface area contributed by atoms with Crippen molar-refractivity contribution < 1.29 is 22.7 Å². The van der Waals surface area contributed by atoms with Gasteiger partial charge in [0, 0.05) is 17.8 Å². The zero-order valence-electron chi connectivity index (χ0n) is 13.3. The molecule has 130 valence electrons. The predicted molar refractivity (Wildman–Crippen MR) is 83.0 cm³/mol. The number of halogens is 3. The van der Waals surface area contributed by atoms with Crippen LogP contribution in [0.1, 0.15) is 50.3 Å². The van der Waals surface area contributed by atoms with E-state index in [9.17, 15) is 18.0 Å². The molecular formula is C16H23F3N2O2. The number of anilines is 1. The number of nitrogens with one attached hydrogen (secondary N) is 1. The van der Waals surface area contributed by atoms with E-state index in [0.29, 0.717) is 25.1 Å². The standard InChI is InChI=1S/C12H15F3N2.C4H8O2/c1-2-8-6-10(16)9-5-7(12(13,14)15)3-4-11(9)17-8;1-2-3-6-4-5/h3-5,8,10,17H,2,6,16H2,1H3;4H,2-3H2,1H3/t8-,10+;/m1./s1. The van der Waals surface area contributed by atoms with Crippen molar-refractivity contribution in [2.45, 2.75) is 51.4 Å². The van der Waals surface area contributed by atoms with E-state index in [2.05, 4.69) is 10.1 Å². The first kappa shape index (κ1) is 19.3. The molecule has 0 saturated carbocycles. The zero-order chi connectivity index (χ0) is 17.5. The van der Waals surface area contributed by atoms with E-state index in [1.807, 2.05) is 13.8 Å². The monoisotopic (exact) mass is 332 g/mol. The lowest BCUT2D eigenvalue weighted by atomic mass is 9.91. The molecule has 0 aromatic heterocycles. The van der Waals surface area contributed by atoms with Gasteiger partial charge < -0.3 is 15.8 Å². The van der Waals surface area contributed by atoms with Crippen LogP contribution in [0.4, 0.5) is 18.9 Å². The molecule has 0 fully saturated rings. The second-order valence-electron chi connectivity index (χ2n) is 5.36. The van der Waals surface area contributed by atoms with Crippen LogP contribution in [0.25, 0.3) is 0 Å². The number of ether oxygens (including phenoxy) is 1. The maximum Gasteiger partial charge on any atom is 0.416 e. The quantitative estimate of drug-likeness (QED) is 0.649. The van der Waals surface area contributed by atoms with Crippen LogP contribution in [-0.2, 0) is 15.7 Å². The van der Waals surface area contributed by atoms with Crippen LogP contribution in [0.15, 0.2) is 18.2 Å². The molecule has 3 N–H and O–H groups in total. The third-order valence-corrected chi connectivity index (χ3v) is 3.56. The van der Waals surface area contributed by atoms with Gasteiger partial charge in [-0.3, -0.25) is 4.79 Å². The Labute approximate surface area is 134 Å². The average molecular weight is 332 g/mol. The second kappa shape index (κ2) is 8.76. The van der Waals surface area contributed by atoms with Crippen LogP contribution in [0.2, 0.25) is 0 Å². The van der Waals surface area contributed by atoms with Crippen LogP contribution in [0.5, 0.6) is 0 Å². The minimum atomic E-state index is -4.31. The van der Waals surface area contributed by atoms with Crippen molar-refractivity contribution in [2.75, 3.05) is 11.9 Å². The van der Waals surface area contributed by atoms with Crippen LogP contribution >= 0.6 is 0 Å². The number of fused-ring (bicyclic) bond motifs is 1. The van der Waals surface area contributed by atoms with Crippen molar-refractivity contribution in [1.29, 1.82) is 0 Å². The summed E-state index contributed by atoms with van der Waals surface area (Å²) in [5.41, 5.74) is 6.57. The third-order valence-electron chi connectivity index (χ3n) is 3.56. The highest BCUT2D eigenvalue weighted by Crippen LogP contribution is 2.37. The van der Waals surface area contributed by atoms with Gasteiger partial charge in [-0.15, -0.1) is 0 Å². The molecule has 0 bridgehead atoms. The summed E-state index contributed by atoms with van der Waals surface area (Å²) in [5, 5.41) is 3.21. The Balaban J connectivity index is 0.000000379. The molecule has 0 aliphatic carbocycles. The highest BCUT2D eigenvalue weighted by molar-refractivity contribution is 5.57. The molecule has 23 heavy (non-hydrogen) atoms. The Hall–Kier alpha value is -1.76. The molecule has 7 heteroatoms. The molecule has 1 heterocycles. The summed E-state index contributed by atoms with van der Waals surface area (Å²) in [5.74, 6) is 0. The maximum absolute atomic E-state index is 12.6. The molecule has 0 radical (unpaired) electrons. The number of rotatable bonds is 4. The smallest absolute Gasteiger partial charge is 0.416 e. The third kappa shape index (κ3) is 5.74. The van der Waals surface area contributed by atoms with E-state index in [1.54, 1.807) is 0 Å². The number of hydrogen-bond acceptors (Lipinski definition) is 4. The maximum atomic E-state index is 12.6. The second-order valence-corrected chi connectivity index (χ2v) is 5.36. The van der Waals surface area contributed by atoms with Gasteiger partial charge in [0.05, 0.1) is 12.2 Å². The SMILES string of the molecule is CCCOC=O.CC[C@@H]1C[C@H](N)c2cc(C(F)(F)F)ccc2N1. The Morgan fingerprint density at radius 1 is 1.39 bits per heavy atom. The van der Waals surface area contributed by atoms with E-state index in [0.717, 1.165) is 30.7 Å². The molecule has 1 aromatic rings. The van der Waals surface area contributed by atoms with Gasteiger partial charge in [-0.1, -0.05) is 13.8 Å². The first-order chi connectivity index (χ1) is 10.8. The van der Waals surface area contributed by atoms with Crippen molar-refractivity contribution in [3.05, 3.63) is 29.3 Å². The summed E-state index contributed by atoms with van der Waals surface area (Å²) >= 11 is 0. The van der Waals surface area contributed by atoms with Crippen LogP contribution in [-0.4, -0.2) is 19.1 Å². The molecule has 0 spiro atoms. The first-order valence-electron chi connectivity index (χ1n) is 7.61. The van der Waals surface area contributed by atoms with Gasteiger partial charge in [-0.2, -0.15) is 13.2 Å². The van der Waals surface area contributed by atoms with E-state index in [4.69, 9.17) is 5.73 Å². The minimum absolute atomic E-state index is 0.245. The number of alkyl halides is 3. The highest BCUT2D eigenvalue weighted by Gasteiger charge is 2.32. The fourth-order valence-corrected chi connectivity index (χ4v) is 2.32. The summed E-state index contributed by atoms with van der Waals surface area (Å²) in [6, 6.07) is 3.64. The van der Waals surface area contributed by atoms with Crippen LogP contribution in [0, 0.1) is 0 Å². The number of nitrogens with two attached hydrogens (primary N) is 1. The summed E-state index contributed by atoms with van der Waals surface area (Å²) in [6.07, 6.45) is -1.83. The van der Waals surface area contributed by atoms with Crippen molar-refractivity contribution in [3.63, 3.8) is 0 Å². The van der Waals surface area contributed by atoms with Gasteiger partial charge in [-0.05, 0) is 43.0 Å². The van der Waals surface area contributed by atoms with Crippen LogP contribution < -0.4 is 11.1 Å². The normalized spacial score (nSPS) is 19.7. The summed E-state index contributed by atoms with van der Waals surface area (Å²) < 4.78 is 42.0. The Bertz CT molecular complexity index is 507. The first-order valence-corrected chi connectivity index (χ1v) is 7.61. The minimum Gasteiger partial charge on any atom is -0.468 e. The van der Waals surface area contributed by atoms with Crippen LogP contribution in [0.3, 0.4) is 0 Å². The predicted octanol–water partition coefficient (Wildman–Crippen LogP) is 3.87. The van der Waals surface area contributed by atoms with Gasteiger partial charge in [0.2, 0.25) is 0 Å². The Kier molecular flexibility index (Phi) is 7.35. The fraction of sp³-hybridized carbons (Fsp3) is 0.562. The van der Waals surface area contributed by atoms with E-state index >= 15 is 0 Å². The van der Waals surface area contributed by atoms with Crippen molar-refractivity contribution in [1.82, 2.24) is 0 Å². The molecule has 2 rings (SSSR count). The summed E-state index contributed by atoms with van der Waals surface area (Å²) in [4.78, 5) is 9.34. The van der Waals surface area contributed by atoms with E-state index < -0.39 is 11.7 Å². The molecular weight excluding hydrogens is 309 g/mol. The molecule has 1 aliphatic heterocycles. The topological polar surface area (TPSA) is 64.3 Å². The molecule has 2 atom stereocenters. The van der Waals surface area contributed by atoms with Crippen molar-refractivity contribution >= 4 is 12.2 Å². The lowest BCUT2D eigenvalue weighted by molar-refractivity contribution is -0.137. The van der Waals surface area contributed by atoms with Gasteiger partial charge in [0.25, 0.3) is 6.47 Å². The Morgan fingerprint density at radius 2 is 2.09 bits per heavy atom. The molecule has 1 aliphatic rings. The highest BCUT2D eigenvalue weighted by atomic mass is 19.4. The van der Waals surface area contributed by atoms with Gasteiger partial charge >= 0.3 is 6.18 Å². The Morgan fingerprint density at radius 3 is 2.57 bits per heavy atom. The average Bonchev–Trinajstić information content (AvgIpc) is 2.52. The largest absolute Gasteiger partial charge is 0.468 e. The molecule has 0 saturated heterocycles. The zero-order valence-corrected chi connectivity index (χ0v) is 13.3. The number of carbonyl (C=O) groups is 1. The number of carbonyl (C=O) groups excluding carboxylic acids is 1. The van der Waals surface area contributed by atoms with Gasteiger partial charge in [0.1, 0.15) is 0 Å². The van der Waals surface area contributed by atoms with E-state index in [1.165, 1.54) is 6.07 Å². The van der Waals surface area contributed by atoms with E-state index in [-0.39, 0.29) is 12.1 Å². The lowest BCUT2D eigenvalue weighted by Gasteiger charge is -2.31. The molecule has 1 aromatic carbocycles. The molecule has 0 unspecified atom stereocenters. The number of hydrogen-bond donors (Lipinski definition) is 2. The summed E-state index contributed by atoms with van der Waals surface area (Å²) in [7, 11) is 0. The fourth-order valence-electron chi connectivity index (χ4n) is 2.32. The molecule has 0 amide bonds. The van der Waals surface area contributed by atoms with Gasteiger partial charge in [0.15, 0.2) is 0 Å².